The summed E-state index contributed by atoms with van der Waals surface area (Å²) in [5.41, 5.74) is -0.236. The summed E-state index contributed by atoms with van der Waals surface area (Å²) >= 11 is 5.67. The lowest BCUT2D eigenvalue weighted by molar-refractivity contribution is -0.384. The molecule has 0 aliphatic carbocycles. The number of hydrogen-bond acceptors (Lipinski definition) is 4. The molecule has 0 aliphatic rings. The van der Waals surface area contributed by atoms with E-state index in [1.54, 1.807) is 14.1 Å². The van der Waals surface area contributed by atoms with E-state index in [0.717, 1.165) is 6.07 Å². The fourth-order valence-electron chi connectivity index (χ4n) is 1.42. The van der Waals surface area contributed by atoms with Crippen LogP contribution in [0.3, 0.4) is 0 Å². The first-order valence-corrected chi connectivity index (χ1v) is 6.01. The zero-order chi connectivity index (χ0) is 15.4. The molecule has 20 heavy (non-hydrogen) atoms. The highest BCUT2D eigenvalue weighted by atomic mass is 35.5. The van der Waals surface area contributed by atoms with Gasteiger partial charge in [-0.05, 0) is 12.1 Å². The first-order valence-electron chi connectivity index (χ1n) is 5.63. The van der Waals surface area contributed by atoms with Gasteiger partial charge in [-0.25, -0.2) is 0 Å². The average molecular weight is 300 g/mol. The average Bonchev–Trinajstić information content (AvgIpc) is 2.37. The molecule has 0 spiro atoms. The predicted molar refractivity (Wildman–Crippen MR) is 73.8 cm³/mol. The van der Waals surface area contributed by atoms with Gasteiger partial charge in [-0.1, -0.05) is 11.6 Å². The van der Waals surface area contributed by atoms with E-state index >= 15 is 0 Å². The molecule has 0 saturated heterocycles. The summed E-state index contributed by atoms with van der Waals surface area (Å²) < 4.78 is 0. The van der Waals surface area contributed by atoms with E-state index in [-0.39, 0.29) is 28.7 Å². The number of nitro benzene ring substituents is 1. The van der Waals surface area contributed by atoms with Crippen LogP contribution in [0.1, 0.15) is 10.4 Å². The second-order valence-corrected chi connectivity index (χ2v) is 4.78. The van der Waals surface area contributed by atoms with Gasteiger partial charge in [-0.15, -0.1) is 0 Å². The Morgan fingerprint density at radius 1 is 1.30 bits per heavy atom. The standard InChI is InChI=1S/C12H14ClN3O4/c1-14(2)11(17)7-15(3)12(18)8-4-5-9(13)10(6-8)16(19)20/h4-6H,7H2,1-3H3. The maximum Gasteiger partial charge on any atom is 0.288 e. The molecule has 0 atom stereocenters. The minimum Gasteiger partial charge on any atom is -0.347 e. The largest absolute Gasteiger partial charge is 0.347 e. The van der Waals surface area contributed by atoms with Crippen molar-refractivity contribution in [3.8, 4) is 0 Å². The van der Waals surface area contributed by atoms with Gasteiger partial charge in [-0.2, -0.15) is 0 Å². The van der Waals surface area contributed by atoms with Gasteiger partial charge in [0.05, 0.1) is 11.5 Å². The third-order valence-electron chi connectivity index (χ3n) is 2.61. The van der Waals surface area contributed by atoms with Crippen LogP contribution >= 0.6 is 11.6 Å². The number of benzene rings is 1. The van der Waals surface area contributed by atoms with E-state index in [1.165, 1.54) is 29.0 Å². The monoisotopic (exact) mass is 299 g/mol. The third kappa shape index (κ3) is 3.67. The molecule has 0 saturated carbocycles. The van der Waals surface area contributed by atoms with Crippen LogP contribution < -0.4 is 0 Å². The van der Waals surface area contributed by atoms with Crippen molar-refractivity contribution in [2.24, 2.45) is 0 Å². The summed E-state index contributed by atoms with van der Waals surface area (Å²) in [6.07, 6.45) is 0. The lowest BCUT2D eigenvalue weighted by Gasteiger charge is -2.19. The van der Waals surface area contributed by atoms with Crippen molar-refractivity contribution in [2.75, 3.05) is 27.7 Å². The number of hydrogen-bond donors (Lipinski definition) is 0. The number of nitrogens with zero attached hydrogens (tertiary/aromatic N) is 3. The maximum absolute atomic E-state index is 12.1. The van der Waals surface area contributed by atoms with Crippen LogP contribution in [0.15, 0.2) is 18.2 Å². The zero-order valence-electron chi connectivity index (χ0n) is 11.3. The van der Waals surface area contributed by atoms with Crippen molar-refractivity contribution >= 4 is 29.1 Å². The van der Waals surface area contributed by atoms with Crippen LogP contribution in [0.2, 0.25) is 5.02 Å². The number of amides is 2. The molecule has 1 aromatic carbocycles. The molecule has 108 valence electrons. The van der Waals surface area contributed by atoms with Crippen LogP contribution in [-0.4, -0.2) is 54.2 Å². The summed E-state index contributed by atoms with van der Waals surface area (Å²) in [4.78, 5) is 36.3. The minimum absolute atomic E-state index is 0.0430. The SMILES string of the molecule is CN(C)C(=O)CN(C)C(=O)c1ccc(Cl)c([N+](=O)[O-])c1. The third-order valence-corrected chi connectivity index (χ3v) is 2.93. The molecular formula is C12H14ClN3O4. The van der Waals surface area contributed by atoms with E-state index in [4.69, 9.17) is 11.6 Å². The Morgan fingerprint density at radius 3 is 2.40 bits per heavy atom. The molecule has 0 aliphatic heterocycles. The van der Waals surface area contributed by atoms with E-state index in [2.05, 4.69) is 0 Å². The molecule has 1 aromatic rings. The van der Waals surface area contributed by atoms with Gasteiger partial charge in [0.25, 0.3) is 11.6 Å². The number of carbonyl (C=O) groups is 2. The molecule has 0 N–H and O–H groups in total. The van der Waals surface area contributed by atoms with Gasteiger partial charge in [0, 0.05) is 32.8 Å². The summed E-state index contributed by atoms with van der Waals surface area (Å²) in [6, 6.07) is 3.77. The second-order valence-electron chi connectivity index (χ2n) is 4.37. The first-order chi connectivity index (χ1) is 9.23. The normalized spacial score (nSPS) is 10.0. The Hall–Kier alpha value is -2.15. The molecule has 0 bridgehead atoms. The maximum atomic E-state index is 12.1. The van der Waals surface area contributed by atoms with Gasteiger partial charge in [0.15, 0.2) is 0 Å². The van der Waals surface area contributed by atoms with Crippen LogP contribution in [0, 0.1) is 10.1 Å². The van der Waals surface area contributed by atoms with Gasteiger partial charge in [0.2, 0.25) is 5.91 Å². The molecule has 1 rings (SSSR count). The molecule has 2 amide bonds. The lowest BCUT2D eigenvalue weighted by atomic mass is 10.2. The van der Waals surface area contributed by atoms with Crippen molar-refractivity contribution in [3.63, 3.8) is 0 Å². The molecule has 0 aromatic heterocycles. The molecule has 7 nitrogen and oxygen atoms in total. The van der Waals surface area contributed by atoms with Gasteiger partial charge in [0.1, 0.15) is 5.02 Å². The fourth-order valence-corrected chi connectivity index (χ4v) is 1.61. The van der Waals surface area contributed by atoms with Crippen LogP contribution in [-0.2, 0) is 4.79 Å². The highest BCUT2D eigenvalue weighted by Gasteiger charge is 2.20. The number of halogens is 1. The van der Waals surface area contributed by atoms with E-state index in [1.807, 2.05) is 0 Å². The van der Waals surface area contributed by atoms with Crippen molar-refractivity contribution in [2.45, 2.75) is 0 Å². The highest BCUT2D eigenvalue weighted by molar-refractivity contribution is 6.32. The molecule has 0 fully saturated rings. The second kappa shape index (κ2) is 6.33. The predicted octanol–water partition coefficient (Wildman–Crippen LogP) is 1.41. The molecule has 0 radical (unpaired) electrons. The fraction of sp³-hybridized carbons (Fsp3) is 0.333. The Bertz CT molecular complexity index is 560. The Kier molecular flexibility index (Phi) is 5.04. The Balaban J connectivity index is 2.95. The topological polar surface area (TPSA) is 83.8 Å². The van der Waals surface area contributed by atoms with Crippen LogP contribution in [0.25, 0.3) is 0 Å². The smallest absolute Gasteiger partial charge is 0.288 e. The summed E-state index contributed by atoms with van der Waals surface area (Å²) in [5, 5.41) is 10.7. The van der Waals surface area contributed by atoms with Gasteiger partial charge < -0.3 is 9.80 Å². The number of rotatable bonds is 4. The highest BCUT2D eigenvalue weighted by Crippen LogP contribution is 2.25. The van der Waals surface area contributed by atoms with Gasteiger partial charge >= 0.3 is 0 Å². The zero-order valence-corrected chi connectivity index (χ0v) is 12.0. The van der Waals surface area contributed by atoms with Crippen LogP contribution in [0.5, 0.6) is 0 Å². The Morgan fingerprint density at radius 2 is 1.90 bits per heavy atom. The van der Waals surface area contributed by atoms with E-state index < -0.39 is 10.8 Å². The van der Waals surface area contributed by atoms with Crippen LogP contribution in [0.4, 0.5) is 5.69 Å². The number of likely N-dealkylation sites (N-methyl/N-ethyl adjacent to an activating group) is 2. The molecule has 0 unspecified atom stereocenters. The van der Waals surface area contributed by atoms with Crippen molar-refractivity contribution in [3.05, 3.63) is 38.9 Å². The van der Waals surface area contributed by atoms with E-state index in [9.17, 15) is 19.7 Å². The van der Waals surface area contributed by atoms with E-state index in [0.29, 0.717) is 0 Å². The van der Waals surface area contributed by atoms with Crippen molar-refractivity contribution in [1.29, 1.82) is 0 Å². The number of carbonyl (C=O) groups excluding carboxylic acids is 2. The molecule has 8 heteroatoms. The minimum atomic E-state index is -0.663. The van der Waals surface area contributed by atoms with Crippen molar-refractivity contribution < 1.29 is 14.5 Å². The first kappa shape index (κ1) is 15.9. The van der Waals surface area contributed by atoms with Crippen molar-refractivity contribution in [1.82, 2.24) is 9.80 Å². The quantitative estimate of drug-likeness (QED) is 0.621. The summed E-state index contributed by atoms with van der Waals surface area (Å²) in [6.45, 7) is -0.109. The van der Waals surface area contributed by atoms with Gasteiger partial charge in [-0.3, -0.25) is 19.7 Å². The molecule has 0 heterocycles. The summed E-state index contributed by atoms with van der Waals surface area (Å²) in [5.74, 6) is -0.732. The summed E-state index contributed by atoms with van der Waals surface area (Å²) in [7, 11) is 4.60. The lowest BCUT2D eigenvalue weighted by Crippen LogP contribution is -2.37. The number of nitro groups is 1. The molecular weight excluding hydrogens is 286 g/mol. The Labute approximate surface area is 120 Å².